The molecule has 0 saturated carbocycles. The van der Waals surface area contributed by atoms with Crippen molar-refractivity contribution in [2.75, 3.05) is 20.6 Å². The number of pyridine rings is 1. The lowest BCUT2D eigenvalue weighted by molar-refractivity contribution is 0.373. The van der Waals surface area contributed by atoms with Crippen LogP contribution in [0.15, 0.2) is 48.9 Å². The SMILES string of the molecule is Cc1cccc(-c2cn(CCN(C)C)nc2-c2ccncc2C)c1. The van der Waals surface area contributed by atoms with Crippen molar-refractivity contribution < 1.29 is 0 Å². The normalized spacial score (nSPS) is 11.2. The van der Waals surface area contributed by atoms with Crippen LogP contribution < -0.4 is 0 Å². The lowest BCUT2D eigenvalue weighted by atomic mass is 9.99. The van der Waals surface area contributed by atoms with Gasteiger partial charge in [-0.1, -0.05) is 29.8 Å². The molecule has 0 bridgehead atoms. The molecule has 0 atom stereocenters. The van der Waals surface area contributed by atoms with E-state index >= 15 is 0 Å². The van der Waals surface area contributed by atoms with Crippen LogP contribution in [0.3, 0.4) is 0 Å². The Kier molecular flexibility index (Phi) is 4.76. The van der Waals surface area contributed by atoms with Crippen molar-refractivity contribution in [3.05, 3.63) is 60.0 Å². The molecule has 0 unspecified atom stereocenters. The average Bonchev–Trinajstić information content (AvgIpc) is 2.97. The Morgan fingerprint density at radius 3 is 2.62 bits per heavy atom. The van der Waals surface area contributed by atoms with E-state index in [2.05, 4.69) is 68.3 Å². The lowest BCUT2D eigenvalue weighted by Crippen LogP contribution is -2.18. The summed E-state index contributed by atoms with van der Waals surface area (Å²) in [6.07, 6.45) is 5.89. The molecule has 2 aromatic heterocycles. The molecule has 0 spiro atoms. The summed E-state index contributed by atoms with van der Waals surface area (Å²) in [4.78, 5) is 6.38. The van der Waals surface area contributed by atoms with Crippen LogP contribution in [0.2, 0.25) is 0 Å². The van der Waals surface area contributed by atoms with Gasteiger partial charge in [0.15, 0.2) is 0 Å². The Morgan fingerprint density at radius 2 is 1.92 bits per heavy atom. The number of rotatable bonds is 5. The molecular weight excluding hydrogens is 296 g/mol. The van der Waals surface area contributed by atoms with Gasteiger partial charge in [-0.25, -0.2) is 0 Å². The van der Waals surface area contributed by atoms with Crippen LogP contribution in [-0.4, -0.2) is 40.3 Å². The van der Waals surface area contributed by atoms with Crippen molar-refractivity contribution in [2.45, 2.75) is 20.4 Å². The first-order valence-electron chi connectivity index (χ1n) is 8.25. The van der Waals surface area contributed by atoms with Crippen molar-refractivity contribution in [1.82, 2.24) is 19.7 Å². The molecule has 3 rings (SSSR count). The molecule has 0 aliphatic heterocycles. The molecule has 2 heterocycles. The molecule has 0 aliphatic rings. The summed E-state index contributed by atoms with van der Waals surface area (Å²) in [5, 5.41) is 4.88. The molecule has 3 aromatic rings. The lowest BCUT2D eigenvalue weighted by Gasteiger charge is -2.08. The van der Waals surface area contributed by atoms with Gasteiger partial charge < -0.3 is 4.90 Å². The molecule has 24 heavy (non-hydrogen) atoms. The van der Waals surface area contributed by atoms with Crippen LogP contribution in [0.5, 0.6) is 0 Å². The molecule has 0 saturated heterocycles. The fourth-order valence-electron chi connectivity index (χ4n) is 2.80. The summed E-state index contributed by atoms with van der Waals surface area (Å²) in [7, 11) is 4.16. The van der Waals surface area contributed by atoms with E-state index in [1.54, 1.807) is 0 Å². The van der Waals surface area contributed by atoms with Crippen molar-refractivity contribution in [1.29, 1.82) is 0 Å². The van der Waals surface area contributed by atoms with Crippen LogP contribution in [-0.2, 0) is 6.54 Å². The van der Waals surface area contributed by atoms with Gasteiger partial charge in [0, 0.05) is 36.3 Å². The van der Waals surface area contributed by atoms with Crippen molar-refractivity contribution >= 4 is 0 Å². The van der Waals surface area contributed by atoms with E-state index in [1.807, 2.05) is 23.1 Å². The van der Waals surface area contributed by atoms with Gasteiger partial charge in [-0.05, 0) is 45.1 Å². The summed E-state index contributed by atoms with van der Waals surface area (Å²) in [6.45, 7) is 6.04. The average molecular weight is 320 g/mol. The summed E-state index contributed by atoms with van der Waals surface area (Å²) in [6, 6.07) is 10.6. The van der Waals surface area contributed by atoms with Gasteiger partial charge in [0.2, 0.25) is 0 Å². The van der Waals surface area contributed by atoms with E-state index in [0.717, 1.165) is 29.9 Å². The molecular formula is C20H24N4. The molecule has 0 radical (unpaired) electrons. The zero-order valence-corrected chi connectivity index (χ0v) is 14.8. The number of aromatic nitrogens is 3. The van der Waals surface area contributed by atoms with E-state index < -0.39 is 0 Å². The minimum absolute atomic E-state index is 0.871. The molecule has 4 nitrogen and oxygen atoms in total. The van der Waals surface area contributed by atoms with Crippen molar-refractivity contribution in [3.63, 3.8) is 0 Å². The summed E-state index contributed by atoms with van der Waals surface area (Å²) < 4.78 is 2.05. The van der Waals surface area contributed by atoms with Gasteiger partial charge in [0.25, 0.3) is 0 Å². The number of nitrogens with zero attached hydrogens (tertiary/aromatic N) is 4. The fraction of sp³-hybridized carbons (Fsp3) is 0.300. The van der Waals surface area contributed by atoms with E-state index in [4.69, 9.17) is 5.10 Å². The maximum absolute atomic E-state index is 4.88. The molecule has 0 amide bonds. The van der Waals surface area contributed by atoms with Gasteiger partial charge in [0.05, 0.1) is 6.54 Å². The molecule has 4 heteroatoms. The van der Waals surface area contributed by atoms with Crippen molar-refractivity contribution in [3.8, 4) is 22.4 Å². The largest absolute Gasteiger partial charge is 0.308 e. The Balaban J connectivity index is 2.10. The highest BCUT2D eigenvalue weighted by molar-refractivity contribution is 5.81. The second-order valence-electron chi connectivity index (χ2n) is 6.52. The van der Waals surface area contributed by atoms with Crippen LogP contribution >= 0.6 is 0 Å². The number of hydrogen-bond acceptors (Lipinski definition) is 3. The van der Waals surface area contributed by atoms with Gasteiger partial charge in [0.1, 0.15) is 5.69 Å². The van der Waals surface area contributed by atoms with Crippen LogP contribution in [0.25, 0.3) is 22.4 Å². The Bertz CT molecular complexity index is 833. The predicted octanol–water partition coefficient (Wildman–Crippen LogP) is 3.79. The Morgan fingerprint density at radius 1 is 1.08 bits per heavy atom. The Labute approximate surface area is 143 Å². The number of hydrogen-bond donors (Lipinski definition) is 0. The minimum atomic E-state index is 0.871. The van der Waals surface area contributed by atoms with Gasteiger partial charge in [-0.2, -0.15) is 5.10 Å². The number of benzene rings is 1. The molecule has 1 aromatic carbocycles. The highest BCUT2D eigenvalue weighted by Crippen LogP contribution is 2.32. The van der Waals surface area contributed by atoms with Crippen LogP contribution in [0, 0.1) is 13.8 Å². The summed E-state index contributed by atoms with van der Waals surface area (Å²) in [5.41, 5.74) is 6.95. The predicted molar refractivity (Wildman–Crippen MR) is 98.9 cm³/mol. The first-order valence-corrected chi connectivity index (χ1v) is 8.25. The maximum Gasteiger partial charge on any atom is 0.100 e. The topological polar surface area (TPSA) is 34.0 Å². The van der Waals surface area contributed by atoms with E-state index in [-0.39, 0.29) is 0 Å². The van der Waals surface area contributed by atoms with Crippen molar-refractivity contribution in [2.24, 2.45) is 0 Å². The third kappa shape index (κ3) is 3.54. The second-order valence-corrected chi connectivity index (χ2v) is 6.52. The highest BCUT2D eigenvalue weighted by atomic mass is 15.3. The highest BCUT2D eigenvalue weighted by Gasteiger charge is 2.15. The quantitative estimate of drug-likeness (QED) is 0.717. The number of aryl methyl sites for hydroxylation is 2. The van der Waals surface area contributed by atoms with E-state index in [1.165, 1.54) is 16.7 Å². The van der Waals surface area contributed by atoms with E-state index in [0.29, 0.717) is 0 Å². The van der Waals surface area contributed by atoms with Crippen LogP contribution in [0.4, 0.5) is 0 Å². The second kappa shape index (κ2) is 6.97. The Hall–Kier alpha value is -2.46. The van der Waals surface area contributed by atoms with Gasteiger partial charge in [-0.15, -0.1) is 0 Å². The fourth-order valence-corrected chi connectivity index (χ4v) is 2.80. The van der Waals surface area contributed by atoms with Gasteiger partial charge in [-0.3, -0.25) is 9.67 Å². The molecule has 0 fully saturated rings. The molecule has 0 N–H and O–H groups in total. The standard InChI is InChI=1S/C20H24N4/c1-15-6-5-7-17(12-15)19-14-24(11-10-23(3)4)22-20(19)18-8-9-21-13-16(18)2/h5-9,12-14H,10-11H2,1-4H3. The zero-order chi connectivity index (χ0) is 17.1. The number of likely N-dealkylation sites (N-methyl/N-ethyl adjacent to an activating group) is 1. The summed E-state index contributed by atoms with van der Waals surface area (Å²) >= 11 is 0. The summed E-state index contributed by atoms with van der Waals surface area (Å²) in [5.74, 6) is 0. The zero-order valence-electron chi connectivity index (χ0n) is 14.8. The van der Waals surface area contributed by atoms with E-state index in [9.17, 15) is 0 Å². The monoisotopic (exact) mass is 320 g/mol. The molecule has 124 valence electrons. The molecule has 0 aliphatic carbocycles. The van der Waals surface area contributed by atoms with Crippen LogP contribution in [0.1, 0.15) is 11.1 Å². The first kappa shape index (κ1) is 16.4. The first-order chi connectivity index (χ1) is 11.5. The third-order valence-corrected chi connectivity index (χ3v) is 4.14. The van der Waals surface area contributed by atoms with Gasteiger partial charge >= 0.3 is 0 Å². The smallest absolute Gasteiger partial charge is 0.100 e. The third-order valence-electron chi connectivity index (χ3n) is 4.14. The minimum Gasteiger partial charge on any atom is -0.308 e. The maximum atomic E-state index is 4.88.